The molecule has 0 aliphatic carbocycles. The molecule has 0 saturated carbocycles. The van der Waals surface area contributed by atoms with Gasteiger partial charge >= 0.3 is 0 Å². The van der Waals surface area contributed by atoms with Gasteiger partial charge in [-0.1, -0.05) is 25.1 Å². The van der Waals surface area contributed by atoms with Crippen LogP contribution in [0.25, 0.3) is 5.69 Å². The van der Waals surface area contributed by atoms with Gasteiger partial charge in [-0.15, -0.1) is 0 Å². The van der Waals surface area contributed by atoms with Crippen molar-refractivity contribution in [2.24, 2.45) is 0 Å². The van der Waals surface area contributed by atoms with Crippen molar-refractivity contribution in [3.05, 3.63) is 41.4 Å². The van der Waals surface area contributed by atoms with E-state index < -0.39 is 9.84 Å². The summed E-state index contributed by atoms with van der Waals surface area (Å²) in [7, 11) is -2.90. The van der Waals surface area contributed by atoms with Crippen molar-refractivity contribution in [3.63, 3.8) is 0 Å². The normalized spacial score (nSPS) is 19.8. The Labute approximate surface area is 147 Å². The Kier molecular flexibility index (Phi) is 5.17. The van der Waals surface area contributed by atoms with Gasteiger partial charge in [0.25, 0.3) is 0 Å². The molecule has 2 heterocycles. The molecule has 1 atom stereocenters. The molecule has 2 aromatic rings. The highest BCUT2D eigenvalue weighted by molar-refractivity contribution is 7.91. The number of benzene rings is 1. The number of rotatable bonds is 6. The summed E-state index contributed by atoms with van der Waals surface area (Å²) in [6.07, 6.45) is 3.37. The molecule has 0 N–H and O–H groups in total. The Morgan fingerprint density at radius 3 is 2.71 bits per heavy atom. The van der Waals surface area contributed by atoms with Gasteiger partial charge in [-0.05, 0) is 43.7 Å². The van der Waals surface area contributed by atoms with Crippen molar-refractivity contribution in [1.82, 2.24) is 19.2 Å². The van der Waals surface area contributed by atoms with E-state index in [0.29, 0.717) is 17.9 Å². The molecule has 6 nitrogen and oxygen atoms in total. The molecule has 130 valence electrons. The average molecular weight is 367 g/mol. The molecule has 0 radical (unpaired) electrons. The Morgan fingerprint density at radius 1 is 1.33 bits per heavy atom. The maximum absolute atomic E-state index is 11.8. The minimum atomic E-state index is -2.90. The molecule has 1 aliphatic heterocycles. The number of aromatic nitrogens is 3. The highest BCUT2D eigenvalue weighted by Crippen LogP contribution is 2.19. The topological polar surface area (TPSA) is 60.1 Å². The molecule has 1 fully saturated rings. The summed E-state index contributed by atoms with van der Waals surface area (Å²) in [4.78, 5) is 2.18. The number of hydrogen-bond acceptors (Lipinski definition) is 5. The Bertz CT molecular complexity index is 842. The second-order valence-electron chi connectivity index (χ2n) is 6.13. The van der Waals surface area contributed by atoms with Crippen LogP contribution in [0.15, 0.2) is 36.7 Å². The van der Waals surface area contributed by atoms with E-state index in [0.717, 1.165) is 18.7 Å². The third-order valence-corrected chi connectivity index (χ3v) is 6.48. The van der Waals surface area contributed by atoms with Crippen LogP contribution in [0.3, 0.4) is 0 Å². The lowest BCUT2D eigenvalue weighted by atomic mass is 10.2. The summed E-state index contributed by atoms with van der Waals surface area (Å²) in [6, 6.07) is 9.90. The lowest BCUT2D eigenvalue weighted by Crippen LogP contribution is -2.38. The molecule has 1 unspecified atom stereocenters. The highest BCUT2D eigenvalue weighted by Gasteiger charge is 2.32. The molecule has 0 spiro atoms. The monoisotopic (exact) mass is 366 g/mol. The molecule has 0 bridgehead atoms. The molecule has 8 heteroatoms. The van der Waals surface area contributed by atoms with E-state index >= 15 is 0 Å². The van der Waals surface area contributed by atoms with Gasteiger partial charge in [0.2, 0.25) is 4.77 Å². The van der Waals surface area contributed by atoms with E-state index in [1.807, 2.05) is 34.9 Å². The molecule has 3 rings (SSSR count). The molecular formula is C16H22N4O2S2. The first-order valence-corrected chi connectivity index (χ1v) is 10.4. The third-order valence-electron chi connectivity index (χ3n) is 4.32. The summed E-state index contributed by atoms with van der Waals surface area (Å²) >= 11 is 5.55. The van der Waals surface area contributed by atoms with Gasteiger partial charge in [-0.25, -0.2) is 13.1 Å². The smallest absolute Gasteiger partial charge is 0.203 e. The number of hydrogen-bond donors (Lipinski definition) is 0. The van der Waals surface area contributed by atoms with Crippen LogP contribution in [-0.4, -0.2) is 51.8 Å². The van der Waals surface area contributed by atoms with Crippen molar-refractivity contribution in [2.75, 3.05) is 18.1 Å². The van der Waals surface area contributed by atoms with E-state index in [1.54, 1.807) is 11.0 Å². The summed E-state index contributed by atoms with van der Waals surface area (Å²) in [5.74, 6) is 0.515. The first kappa shape index (κ1) is 17.3. The van der Waals surface area contributed by atoms with E-state index in [4.69, 9.17) is 12.2 Å². The zero-order chi connectivity index (χ0) is 17.2. The summed E-state index contributed by atoms with van der Waals surface area (Å²) < 4.78 is 27.8. The van der Waals surface area contributed by atoms with E-state index in [-0.39, 0.29) is 17.5 Å². The van der Waals surface area contributed by atoms with Crippen LogP contribution in [0.1, 0.15) is 19.8 Å². The predicted molar refractivity (Wildman–Crippen MR) is 96.4 cm³/mol. The fourth-order valence-corrected chi connectivity index (χ4v) is 5.11. The van der Waals surface area contributed by atoms with Crippen LogP contribution in [-0.2, 0) is 16.5 Å². The van der Waals surface area contributed by atoms with Crippen LogP contribution in [0, 0.1) is 4.77 Å². The zero-order valence-corrected chi connectivity index (χ0v) is 15.3. The molecule has 1 saturated heterocycles. The molecule has 24 heavy (non-hydrogen) atoms. The maximum Gasteiger partial charge on any atom is 0.203 e. The third kappa shape index (κ3) is 3.76. The second-order valence-corrected chi connectivity index (χ2v) is 8.72. The van der Waals surface area contributed by atoms with Crippen LogP contribution >= 0.6 is 12.2 Å². The van der Waals surface area contributed by atoms with Crippen LogP contribution < -0.4 is 0 Å². The Morgan fingerprint density at radius 2 is 2.08 bits per heavy atom. The molecule has 1 aromatic heterocycles. The lowest BCUT2D eigenvalue weighted by Gasteiger charge is -2.27. The summed E-state index contributed by atoms with van der Waals surface area (Å²) in [5, 5.41) is 4.41. The van der Waals surface area contributed by atoms with Gasteiger partial charge in [-0.3, -0.25) is 9.47 Å². The van der Waals surface area contributed by atoms with Crippen LogP contribution in [0.4, 0.5) is 0 Å². The quantitative estimate of drug-likeness (QED) is 0.734. The van der Waals surface area contributed by atoms with Gasteiger partial charge in [0.1, 0.15) is 6.33 Å². The lowest BCUT2D eigenvalue weighted by molar-refractivity contribution is 0.155. The Hall–Kier alpha value is -1.51. The fourth-order valence-electron chi connectivity index (χ4n) is 3.09. The van der Waals surface area contributed by atoms with Crippen molar-refractivity contribution in [2.45, 2.75) is 32.5 Å². The Balaban J connectivity index is 1.81. The first-order valence-electron chi connectivity index (χ1n) is 8.14. The molecule has 0 amide bonds. The number of para-hydroxylation sites is 1. The van der Waals surface area contributed by atoms with Crippen molar-refractivity contribution < 1.29 is 8.42 Å². The molecular weight excluding hydrogens is 344 g/mol. The van der Waals surface area contributed by atoms with Crippen LogP contribution in [0.2, 0.25) is 0 Å². The van der Waals surface area contributed by atoms with E-state index in [1.165, 1.54) is 0 Å². The SMILES string of the molecule is CCCN(Cn1ncn(-c2ccccc2)c1=S)C1CCS(=O)(=O)C1. The second kappa shape index (κ2) is 7.16. The maximum atomic E-state index is 11.8. The summed E-state index contributed by atoms with van der Waals surface area (Å²) in [5.41, 5.74) is 0.972. The largest absolute Gasteiger partial charge is 0.280 e. The average Bonchev–Trinajstić information content (AvgIpc) is 3.11. The first-order chi connectivity index (χ1) is 11.5. The summed E-state index contributed by atoms with van der Waals surface area (Å²) in [6.45, 7) is 3.45. The number of sulfone groups is 1. The van der Waals surface area contributed by atoms with Gasteiger partial charge in [0.15, 0.2) is 9.84 Å². The zero-order valence-electron chi connectivity index (χ0n) is 13.7. The van der Waals surface area contributed by atoms with Crippen LogP contribution in [0.5, 0.6) is 0 Å². The fraction of sp³-hybridized carbons (Fsp3) is 0.500. The predicted octanol–water partition coefficient (Wildman–Crippen LogP) is 2.26. The number of nitrogens with zero attached hydrogens (tertiary/aromatic N) is 4. The minimum Gasteiger partial charge on any atom is -0.280 e. The van der Waals surface area contributed by atoms with Crippen molar-refractivity contribution in [3.8, 4) is 5.69 Å². The van der Waals surface area contributed by atoms with Gasteiger partial charge in [0, 0.05) is 11.7 Å². The molecule has 1 aromatic carbocycles. The van der Waals surface area contributed by atoms with E-state index in [9.17, 15) is 8.42 Å². The minimum absolute atomic E-state index is 0.0544. The van der Waals surface area contributed by atoms with Crippen molar-refractivity contribution >= 4 is 22.1 Å². The molecule has 1 aliphatic rings. The highest BCUT2D eigenvalue weighted by atomic mass is 32.2. The van der Waals surface area contributed by atoms with E-state index in [2.05, 4.69) is 16.9 Å². The van der Waals surface area contributed by atoms with Crippen molar-refractivity contribution in [1.29, 1.82) is 0 Å². The van der Waals surface area contributed by atoms with Gasteiger partial charge in [0.05, 0.1) is 18.2 Å². The standard InChI is InChI=1S/C16H22N4O2S2/c1-2-9-18(15-8-10-24(21,22)11-15)13-20-16(23)19(12-17-20)14-6-4-3-5-7-14/h3-7,12,15H,2,8-11,13H2,1H3. The van der Waals surface area contributed by atoms with Gasteiger partial charge in [-0.2, -0.15) is 5.10 Å². The van der Waals surface area contributed by atoms with Gasteiger partial charge < -0.3 is 0 Å².